The minimum atomic E-state index is -4.12. The number of hydrogen-bond donors (Lipinski definition) is 2. The molecule has 0 saturated heterocycles. The smallest absolute Gasteiger partial charge is 0.348 e. The fourth-order valence-corrected chi connectivity index (χ4v) is 3.27. The van der Waals surface area contributed by atoms with Crippen LogP contribution in [0.5, 0.6) is 0 Å². The van der Waals surface area contributed by atoms with Crippen LogP contribution in [0.25, 0.3) is 0 Å². The third kappa shape index (κ3) is 4.41. The highest BCUT2D eigenvalue weighted by atomic mass is 32.1. The maximum Gasteiger partial charge on any atom is 0.391 e. The van der Waals surface area contributed by atoms with E-state index in [2.05, 4.69) is 10.3 Å². The third-order valence-corrected chi connectivity index (χ3v) is 4.58. The van der Waals surface area contributed by atoms with Gasteiger partial charge in [-0.25, -0.2) is 4.98 Å². The van der Waals surface area contributed by atoms with E-state index in [9.17, 15) is 18.0 Å². The normalized spacial score (nSPS) is 23.0. The van der Waals surface area contributed by atoms with Gasteiger partial charge in [-0.1, -0.05) is 0 Å². The Bertz CT molecular complexity index is 481. The molecule has 0 spiro atoms. The summed E-state index contributed by atoms with van der Waals surface area (Å²) in [5, 5.41) is 5.22. The van der Waals surface area contributed by atoms with Crippen LogP contribution in [-0.4, -0.2) is 29.7 Å². The number of nitrogens with one attached hydrogen (secondary N) is 1. The van der Waals surface area contributed by atoms with Crippen molar-refractivity contribution >= 4 is 17.2 Å². The number of aromatic nitrogens is 1. The molecular formula is C13H18F3N3OS. The maximum atomic E-state index is 12.6. The van der Waals surface area contributed by atoms with Crippen molar-refractivity contribution in [1.29, 1.82) is 0 Å². The van der Waals surface area contributed by atoms with Crippen LogP contribution in [0.2, 0.25) is 0 Å². The molecule has 0 radical (unpaired) electrons. The predicted molar refractivity (Wildman–Crippen MR) is 74.1 cm³/mol. The fourth-order valence-electron chi connectivity index (χ4n) is 2.48. The summed E-state index contributed by atoms with van der Waals surface area (Å²) in [7, 11) is 0. The average Bonchev–Trinajstić information content (AvgIpc) is 2.87. The number of halogens is 3. The lowest BCUT2D eigenvalue weighted by Gasteiger charge is -2.30. The van der Waals surface area contributed by atoms with Crippen LogP contribution in [0.3, 0.4) is 0 Å². The molecule has 0 atom stereocenters. The molecule has 1 aliphatic rings. The number of thiazole rings is 1. The zero-order valence-electron chi connectivity index (χ0n) is 11.4. The van der Waals surface area contributed by atoms with Crippen molar-refractivity contribution in [2.75, 3.05) is 6.54 Å². The molecule has 1 heterocycles. The van der Waals surface area contributed by atoms with E-state index in [0.717, 1.165) is 5.01 Å². The minimum Gasteiger partial charge on any atom is -0.348 e. The van der Waals surface area contributed by atoms with Gasteiger partial charge in [-0.15, -0.1) is 11.3 Å². The average molecular weight is 321 g/mol. The van der Waals surface area contributed by atoms with Crippen molar-refractivity contribution in [3.8, 4) is 0 Å². The van der Waals surface area contributed by atoms with Gasteiger partial charge in [-0.3, -0.25) is 4.79 Å². The van der Waals surface area contributed by atoms with Gasteiger partial charge in [0.2, 0.25) is 0 Å². The van der Waals surface area contributed by atoms with Crippen molar-refractivity contribution in [2.24, 2.45) is 11.7 Å². The molecule has 0 aromatic carbocycles. The molecule has 21 heavy (non-hydrogen) atoms. The Labute approximate surface area is 124 Å². The summed E-state index contributed by atoms with van der Waals surface area (Å²) in [6.07, 6.45) is -2.64. The summed E-state index contributed by atoms with van der Waals surface area (Å²) >= 11 is 1.37. The summed E-state index contributed by atoms with van der Waals surface area (Å²) in [5.74, 6) is -1.55. The Balaban J connectivity index is 1.84. The second kappa shape index (κ2) is 6.74. The lowest BCUT2D eigenvalue weighted by atomic mass is 9.85. The van der Waals surface area contributed by atoms with Gasteiger partial charge in [-0.05, 0) is 32.2 Å². The van der Waals surface area contributed by atoms with Crippen molar-refractivity contribution < 1.29 is 18.0 Å². The Kier molecular flexibility index (Phi) is 5.21. The minimum absolute atomic E-state index is 0.0733. The van der Waals surface area contributed by atoms with Gasteiger partial charge in [0.25, 0.3) is 5.91 Å². The summed E-state index contributed by atoms with van der Waals surface area (Å²) < 4.78 is 37.7. The van der Waals surface area contributed by atoms with E-state index in [4.69, 9.17) is 5.73 Å². The SMILES string of the molecule is NCCc1nc(C(=O)NC2CCC(C(F)(F)F)CC2)cs1. The van der Waals surface area contributed by atoms with E-state index in [1.54, 1.807) is 5.38 Å². The number of carbonyl (C=O) groups is 1. The summed E-state index contributed by atoms with van der Waals surface area (Å²) in [4.78, 5) is 16.2. The first-order valence-electron chi connectivity index (χ1n) is 6.92. The quantitative estimate of drug-likeness (QED) is 0.895. The Morgan fingerprint density at radius 3 is 2.62 bits per heavy atom. The first-order valence-corrected chi connectivity index (χ1v) is 7.80. The molecule has 4 nitrogen and oxygen atoms in total. The third-order valence-electron chi connectivity index (χ3n) is 3.67. The van der Waals surface area contributed by atoms with Gasteiger partial charge < -0.3 is 11.1 Å². The highest BCUT2D eigenvalue weighted by molar-refractivity contribution is 7.09. The lowest BCUT2D eigenvalue weighted by molar-refractivity contribution is -0.182. The molecule has 0 bridgehead atoms. The summed E-state index contributed by atoms with van der Waals surface area (Å²) in [5.41, 5.74) is 5.74. The molecule has 1 amide bonds. The fraction of sp³-hybridized carbons (Fsp3) is 0.692. The van der Waals surface area contributed by atoms with Gasteiger partial charge in [-0.2, -0.15) is 13.2 Å². The van der Waals surface area contributed by atoms with Gasteiger partial charge in [0, 0.05) is 17.8 Å². The largest absolute Gasteiger partial charge is 0.391 e. The lowest BCUT2D eigenvalue weighted by Crippen LogP contribution is -2.40. The van der Waals surface area contributed by atoms with Gasteiger partial charge in [0.05, 0.1) is 10.9 Å². The maximum absolute atomic E-state index is 12.6. The molecule has 3 N–H and O–H groups in total. The molecule has 1 aromatic heterocycles. The Hall–Kier alpha value is -1.15. The van der Waals surface area contributed by atoms with E-state index < -0.39 is 12.1 Å². The van der Waals surface area contributed by atoms with Gasteiger partial charge >= 0.3 is 6.18 Å². The number of carbonyl (C=O) groups excluding carboxylic acids is 1. The molecule has 2 rings (SSSR count). The van der Waals surface area contributed by atoms with E-state index in [1.807, 2.05) is 0 Å². The van der Waals surface area contributed by atoms with Crippen molar-refractivity contribution in [3.63, 3.8) is 0 Å². The molecule has 8 heteroatoms. The molecule has 1 aliphatic carbocycles. The molecule has 118 valence electrons. The van der Waals surface area contributed by atoms with E-state index in [-0.39, 0.29) is 24.8 Å². The van der Waals surface area contributed by atoms with Gasteiger partial charge in [0.1, 0.15) is 5.69 Å². The second-order valence-electron chi connectivity index (χ2n) is 5.23. The van der Waals surface area contributed by atoms with Crippen LogP contribution in [0.4, 0.5) is 13.2 Å². The van der Waals surface area contributed by atoms with Crippen LogP contribution >= 0.6 is 11.3 Å². The Morgan fingerprint density at radius 1 is 1.38 bits per heavy atom. The van der Waals surface area contributed by atoms with E-state index in [1.165, 1.54) is 11.3 Å². The molecule has 1 fully saturated rings. The van der Waals surface area contributed by atoms with E-state index in [0.29, 0.717) is 31.5 Å². The molecule has 1 aromatic rings. The molecular weight excluding hydrogens is 303 g/mol. The predicted octanol–water partition coefficient (Wildman–Crippen LogP) is 2.50. The highest BCUT2D eigenvalue weighted by Gasteiger charge is 2.41. The summed E-state index contributed by atoms with van der Waals surface area (Å²) in [6, 6.07) is -0.198. The van der Waals surface area contributed by atoms with Crippen LogP contribution in [0, 0.1) is 5.92 Å². The standard InChI is InChI=1S/C13H18F3N3OS/c14-13(15,16)8-1-3-9(4-2-8)18-12(20)10-7-21-11(19-10)5-6-17/h7-9H,1-6,17H2,(H,18,20). The first-order chi connectivity index (χ1) is 9.90. The van der Waals surface area contributed by atoms with Crippen LogP contribution in [0.15, 0.2) is 5.38 Å². The number of nitrogens with zero attached hydrogens (tertiary/aromatic N) is 1. The molecule has 0 aliphatic heterocycles. The van der Waals surface area contributed by atoms with Gasteiger partial charge in [0.15, 0.2) is 0 Å². The topological polar surface area (TPSA) is 68.0 Å². The Morgan fingerprint density at radius 2 is 2.05 bits per heavy atom. The summed E-state index contributed by atoms with van der Waals surface area (Å²) in [6.45, 7) is 0.468. The first kappa shape index (κ1) is 16.2. The molecule has 0 unspecified atom stereocenters. The number of amides is 1. The van der Waals surface area contributed by atoms with Crippen molar-refractivity contribution in [1.82, 2.24) is 10.3 Å². The monoisotopic (exact) mass is 321 g/mol. The second-order valence-corrected chi connectivity index (χ2v) is 6.17. The zero-order valence-corrected chi connectivity index (χ0v) is 12.3. The van der Waals surface area contributed by atoms with Crippen LogP contribution < -0.4 is 11.1 Å². The zero-order chi connectivity index (χ0) is 15.5. The molecule has 1 saturated carbocycles. The van der Waals surface area contributed by atoms with Crippen LogP contribution in [0.1, 0.15) is 41.2 Å². The van der Waals surface area contributed by atoms with Crippen molar-refractivity contribution in [2.45, 2.75) is 44.3 Å². The highest BCUT2D eigenvalue weighted by Crippen LogP contribution is 2.37. The van der Waals surface area contributed by atoms with Crippen LogP contribution in [-0.2, 0) is 6.42 Å². The van der Waals surface area contributed by atoms with E-state index >= 15 is 0 Å². The number of hydrogen-bond acceptors (Lipinski definition) is 4. The number of nitrogens with two attached hydrogens (primary N) is 1. The van der Waals surface area contributed by atoms with Crippen molar-refractivity contribution in [3.05, 3.63) is 16.1 Å². The number of rotatable bonds is 4. The number of alkyl halides is 3.